The molecular formula is C75H58N2. The topological polar surface area (TPSA) is 6.48 Å². The van der Waals surface area contributed by atoms with E-state index in [2.05, 4.69) is 339 Å². The Kier molecular flexibility index (Phi) is 13.5. The zero-order valence-corrected chi connectivity index (χ0v) is 43.4. The summed E-state index contributed by atoms with van der Waals surface area (Å²) in [5.74, 6) is 0. The monoisotopic (exact) mass is 986 g/mol. The van der Waals surface area contributed by atoms with Crippen molar-refractivity contribution >= 4 is 34.9 Å². The van der Waals surface area contributed by atoms with Crippen molar-refractivity contribution in [1.82, 2.24) is 0 Å². The summed E-state index contributed by atoms with van der Waals surface area (Å²) in [5.41, 5.74) is 21.7. The van der Waals surface area contributed by atoms with Crippen molar-refractivity contribution in [3.8, 4) is 44.5 Å². The number of rotatable bonds is 12. The number of nitrogens with zero attached hydrogens (tertiary/aromatic N) is 2. The second kappa shape index (κ2) is 21.6. The summed E-state index contributed by atoms with van der Waals surface area (Å²) in [4.78, 5) is 5.00. The highest BCUT2D eigenvalue weighted by molar-refractivity contribution is 5.95. The molecule has 368 valence electrons. The molecule has 0 bridgehead atoms. The molecule has 2 heteroatoms. The van der Waals surface area contributed by atoms with Crippen LogP contribution in [0.5, 0.6) is 0 Å². The Balaban J connectivity index is 1.25. The molecule has 12 rings (SSSR count). The van der Waals surface area contributed by atoms with E-state index in [1.165, 1.54) is 33.4 Å². The minimum absolute atomic E-state index is 0.943. The standard InChI is InChI=1S/C75H58N2/c1-3-23-71-67(49-37-55-25-11-5-12-26-55)75(68(50-38-56-27-13-6-14-28-56)72(24-4-2)76(71)65-45-39-61(40-46-65)57-29-15-7-16-30-57)69-53-63(59-33-19-9-20-34-59)43-51-73(69)77(66-47-41-62(42-48-66)58-31-17-8-18-32-58)74-52-44-64(54-70(74)75)60-35-21-10-22-36-60/h3-54H,1-2H3/b23-3-,24-4-,49-37?,50-38?. The first kappa shape index (κ1) is 48.2. The average Bonchev–Trinajstić information content (AvgIpc) is 3.64. The van der Waals surface area contributed by atoms with Gasteiger partial charge < -0.3 is 9.80 Å². The van der Waals surface area contributed by atoms with Crippen LogP contribution in [0.2, 0.25) is 0 Å². The first-order valence-corrected chi connectivity index (χ1v) is 26.6. The van der Waals surface area contributed by atoms with Gasteiger partial charge in [-0.05, 0) is 152 Å². The van der Waals surface area contributed by atoms with E-state index in [9.17, 15) is 0 Å². The van der Waals surface area contributed by atoms with Crippen molar-refractivity contribution in [1.29, 1.82) is 0 Å². The van der Waals surface area contributed by atoms with Crippen LogP contribution in [-0.2, 0) is 5.41 Å². The minimum atomic E-state index is -0.943. The summed E-state index contributed by atoms with van der Waals surface area (Å²) in [6, 6.07) is 97.1. The maximum absolute atomic E-state index is 2.50. The molecule has 0 unspecified atom stereocenters. The lowest BCUT2D eigenvalue weighted by Crippen LogP contribution is -2.45. The Morgan fingerprint density at radius 3 is 0.922 bits per heavy atom. The molecule has 0 saturated carbocycles. The van der Waals surface area contributed by atoms with E-state index in [1.54, 1.807) is 0 Å². The summed E-state index contributed by atoms with van der Waals surface area (Å²) in [6.45, 7) is 4.28. The van der Waals surface area contributed by atoms with E-state index >= 15 is 0 Å². The van der Waals surface area contributed by atoms with Crippen LogP contribution in [0.4, 0.5) is 22.7 Å². The van der Waals surface area contributed by atoms with Crippen LogP contribution in [-0.4, -0.2) is 0 Å². The number of benzene rings is 10. The Hall–Kier alpha value is -9.76. The smallest absolute Gasteiger partial charge is 0.0783 e. The van der Waals surface area contributed by atoms with Gasteiger partial charge in [0.25, 0.3) is 0 Å². The third-order valence-corrected chi connectivity index (χ3v) is 14.9. The molecule has 0 radical (unpaired) electrons. The molecule has 0 aliphatic carbocycles. The second-order valence-corrected chi connectivity index (χ2v) is 19.5. The third kappa shape index (κ3) is 9.21. The first-order valence-electron chi connectivity index (χ1n) is 26.6. The molecule has 77 heavy (non-hydrogen) atoms. The van der Waals surface area contributed by atoms with Crippen molar-refractivity contribution in [2.75, 3.05) is 9.80 Å². The predicted molar refractivity (Wildman–Crippen MR) is 327 cm³/mol. The largest absolute Gasteiger partial charge is 0.310 e. The molecule has 2 aliphatic rings. The molecule has 0 saturated heterocycles. The third-order valence-electron chi connectivity index (χ3n) is 14.9. The summed E-state index contributed by atoms with van der Waals surface area (Å²) in [6.07, 6.45) is 18.5. The van der Waals surface area contributed by atoms with Gasteiger partial charge in [-0.25, -0.2) is 0 Å². The Bertz CT molecular complexity index is 3690. The number of fused-ring (bicyclic) bond motifs is 4. The lowest BCUT2D eigenvalue weighted by atomic mass is 9.58. The van der Waals surface area contributed by atoms with Gasteiger partial charge in [-0.15, -0.1) is 0 Å². The molecule has 0 atom stereocenters. The SMILES string of the molecule is C/C=C\C1=C(C=Cc2ccccc2)C2(C(C=Cc3ccccc3)=C(/C=C\C)N1c1ccc(-c3ccccc3)cc1)c1cc(-c3ccccc3)ccc1N(c1ccc(-c3ccccc3)cc1)c1ccc(-c3ccccc3)cc12. The van der Waals surface area contributed by atoms with Gasteiger partial charge in [0.15, 0.2) is 0 Å². The van der Waals surface area contributed by atoms with Crippen LogP contribution in [0.3, 0.4) is 0 Å². The molecule has 1 spiro atoms. The van der Waals surface area contributed by atoms with Gasteiger partial charge in [0.2, 0.25) is 0 Å². The molecule has 0 N–H and O–H groups in total. The summed E-state index contributed by atoms with van der Waals surface area (Å²) >= 11 is 0. The number of hydrogen-bond donors (Lipinski definition) is 0. The highest BCUT2D eigenvalue weighted by Gasteiger charge is 2.53. The number of anilines is 4. The normalized spacial score (nSPS) is 14.1. The predicted octanol–water partition coefficient (Wildman–Crippen LogP) is 20.0. The van der Waals surface area contributed by atoms with Crippen LogP contribution in [0.25, 0.3) is 56.7 Å². The molecule has 0 fully saturated rings. The van der Waals surface area contributed by atoms with Crippen LogP contribution in [0.1, 0.15) is 36.1 Å². The molecule has 2 heterocycles. The van der Waals surface area contributed by atoms with Crippen LogP contribution in [0, 0.1) is 0 Å². The van der Waals surface area contributed by atoms with Crippen LogP contribution in [0.15, 0.2) is 326 Å². The average molecular weight is 987 g/mol. The molecule has 0 aromatic heterocycles. The maximum atomic E-state index is 2.50. The molecule has 2 aliphatic heterocycles. The van der Waals surface area contributed by atoms with Crippen molar-refractivity contribution in [3.05, 3.63) is 348 Å². The van der Waals surface area contributed by atoms with Gasteiger partial charge in [-0.2, -0.15) is 0 Å². The second-order valence-electron chi connectivity index (χ2n) is 19.5. The van der Waals surface area contributed by atoms with Gasteiger partial charge in [-0.3, -0.25) is 0 Å². The Morgan fingerprint density at radius 1 is 0.273 bits per heavy atom. The van der Waals surface area contributed by atoms with Crippen molar-refractivity contribution in [3.63, 3.8) is 0 Å². The first-order chi connectivity index (χ1) is 38.1. The van der Waals surface area contributed by atoms with Crippen molar-refractivity contribution in [2.45, 2.75) is 19.3 Å². The van der Waals surface area contributed by atoms with E-state index in [0.717, 1.165) is 78.7 Å². The van der Waals surface area contributed by atoms with E-state index in [4.69, 9.17) is 0 Å². The Labute approximate surface area is 454 Å². The highest BCUT2D eigenvalue weighted by Crippen LogP contribution is 2.63. The molecule has 10 aromatic rings. The zero-order valence-electron chi connectivity index (χ0n) is 43.4. The van der Waals surface area contributed by atoms with E-state index in [-0.39, 0.29) is 0 Å². The van der Waals surface area contributed by atoms with E-state index < -0.39 is 5.41 Å². The fraction of sp³-hybridized carbons (Fsp3) is 0.0400. The summed E-state index contributed by atoms with van der Waals surface area (Å²) < 4.78 is 0. The lowest BCUT2D eigenvalue weighted by Gasteiger charge is -2.52. The van der Waals surface area contributed by atoms with Gasteiger partial charge in [0, 0.05) is 11.4 Å². The molecular weight excluding hydrogens is 929 g/mol. The molecule has 2 nitrogen and oxygen atoms in total. The minimum Gasteiger partial charge on any atom is -0.310 e. The van der Waals surface area contributed by atoms with Gasteiger partial charge in [0.1, 0.15) is 0 Å². The fourth-order valence-corrected chi connectivity index (χ4v) is 11.4. The highest BCUT2D eigenvalue weighted by atomic mass is 15.2. The van der Waals surface area contributed by atoms with Gasteiger partial charge in [-0.1, -0.05) is 255 Å². The van der Waals surface area contributed by atoms with Crippen LogP contribution >= 0.6 is 0 Å². The van der Waals surface area contributed by atoms with E-state index in [0.29, 0.717) is 0 Å². The van der Waals surface area contributed by atoms with Crippen molar-refractivity contribution < 1.29 is 0 Å². The molecule has 10 aromatic carbocycles. The zero-order chi connectivity index (χ0) is 52.0. The van der Waals surface area contributed by atoms with Crippen molar-refractivity contribution in [2.24, 2.45) is 0 Å². The summed E-state index contributed by atoms with van der Waals surface area (Å²) in [7, 11) is 0. The van der Waals surface area contributed by atoms with Crippen LogP contribution < -0.4 is 9.80 Å². The van der Waals surface area contributed by atoms with E-state index in [1.807, 2.05) is 0 Å². The van der Waals surface area contributed by atoms with Gasteiger partial charge >= 0.3 is 0 Å². The lowest BCUT2D eigenvalue weighted by molar-refractivity contribution is 0.694. The fourth-order valence-electron chi connectivity index (χ4n) is 11.4. The van der Waals surface area contributed by atoms with Gasteiger partial charge in [0.05, 0.1) is 28.2 Å². The number of allylic oxidation sites excluding steroid dienone is 8. The molecule has 0 amide bonds. The summed E-state index contributed by atoms with van der Waals surface area (Å²) in [5, 5.41) is 0. The maximum Gasteiger partial charge on any atom is 0.0783 e. The quantitative estimate of drug-likeness (QED) is 0.120. The Morgan fingerprint density at radius 2 is 0.571 bits per heavy atom. The number of hydrogen-bond acceptors (Lipinski definition) is 2.